The van der Waals surface area contributed by atoms with Crippen molar-refractivity contribution >= 4 is 17.5 Å². The molecule has 2 aliphatic rings. The summed E-state index contributed by atoms with van der Waals surface area (Å²) in [6.07, 6.45) is 4.74. The van der Waals surface area contributed by atoms with Crippen molar-refractivity contribution in [1.29, 1.82) is 0 Å². The Hall–Kier alpha value is -1.37. The lowest BCUT2D eigenvalue weighted by Crippen LogP contribution is -2.49. The SMILES string of the molecule is NC(=O)C1CCC(CCN2CC[C@H](Oc3ccc(F)cc3Cl)[C@@H](O)C2)CC1. The first-order chi connectivity index (χ1) is 12.9. The van der Waals surface area contributed by atoms with E-state index in [9.17, 15) is 14.3 Å². The zero-order chi connectivity index (χ0) is 19.4. The lowest BCUT2D eigenvalue weighted by molar-refractivity contribution is -0.123. The summed E-state index contributed by atoms with van der Waals surface area (Å²) in [4.78, 5) is 13.5. The third-order valence-corrected chi connectivity index (χ3v) is 6.17. The molecule has 0 aromatic heterocycles. The number of nitrogens with two attached hydrogens (primary N) is 1. The van der Waals surface area contributed by atoms with Gasteiger partial charge in [0.25, 0.3) is 0 Å². The molecule has 0 bridgehead atoms. The number of β-amino-alcohol motifs (C(OH)–C–C–N with tert-alkyl or cyclic N) is 1. The van der Waals surface area contributed by atoms with Crippen molar-refractivity contribution in [3.05, 3.63) is 29.0 Å². The number of carbonyl (C=O) groups excluding carboxylic acids is 1. The number of likely N-dealkylation sites (tertiary alicyclic amines) is 1. The zero-order valence-electron chi connectivity index (χ0n) is 15.4. The van der Waals surface area contributed by atoms with Crippen molar-refractivity contribution in [2.45, 2.75) is 50.7 Å². The highest BCUT2D eigenvalue weighted by Crippen LogP contribution is 2.31. The Labute approximate surface area is 164 Å². The number of carbonyl (C=O) groups is 1. The third-order valence-electron chi connectivity index (χ3n) is 5.88. The number of hydrogen-bond donors (Lipinski definition) is 2. The van der Waals surface area contributed by atoms with Crippen LogP contribution in [-0.4, -0.2) is 47.8 Å². The number of aliphatic hydroxyl groups is 1. The molecule has 2 fully saturated rings. The molecule has 7 heteroatoms. The number of aliphatic hydroxyl groups excluding tert-OH is 1. The van der Waals surface area contributed by atoms with Crippen molar-refractivity contribution in [2.24, 2.45) is 17.6 Å². The van der Waals surface area contributed by atoms with Gasteiger partial charge < -0.3 is 20.5 Å². The molecule has 5 nitrogen and oxygen atoms in total. The maximum absolute atomic E-state index is 13.1. The molecule has 1 aromatic rings. The second-order valence-electron chi connectivity index (χ2n) is 7.80. The first-order valence-electron chi connectivity index (χ1n) is 9.74. The van der Waals surface area contributed by atoms with Crippen LogP contribution in [0, 0.1) is 17.7 Å². The summed E-state index contributed by atoms with van der Waals surface area (Å²) in [5, 5.41) is 10.7. The molecule has 3 N–H and O–H groups in total. The standard InChI is InChI=1S/C20H28ClFN2O3/c21-16-11-15(22)5-6-18(16)27-19-8-10-24(12-17(19)25)9-7-13-1-3-14(4-2-13)20(23)26/h5-6,11,13-14,17,19,25H,1-4,7-10,12H2,(H2,23,26)/t13?,14?,17-,19-/m0/s1. The van der Waals surface area contributed by atoms with Crippen molar-refractivity contribution in [2.75, 3.05) is 19.6 Å². The average molecular weight is 399 g/mol. The van der Waals surface area contributed by atoms with E-state index in [0.717, 1.165) is 45.2 Å². The maximum atomic E-state index is 13.1. The largest absolute Gasteiger partial charge is 0.486 e. The molecule has 1 aliphatic heterocycles. The Balaban J connectivity index is 1.41. The van der Waals surface area contributed by atoms with E-state index in [1.165, 1.54) is 18.2 Å². The smallest absolute Gasteiger partial charge is 0.220 e. The second kappa shape index (κ2) is 9.22. The average Bonchev–Trinajstić information content (AvgIpc) is 2.64. The van der Waals surface area contributed by atoms with E-state index < -0.39 is 11.9 Å². The second-order valence-corrected chi connectivity index (χ2v) is 8.20. The minimum atomic E-state index is -0.606. The monoisotopic (exact) mass is 398 g/mol. The first kappa shape index (κ1) is 20.4. The quantitative estimate of drug-likeness (QED) is 0.772. The van der Waals surface area contributed by atoms with Crippen LogP contribution >= 0.6 is 11.6 Å². The number of primary amides is 1. The van der Waals surface area contributed by atoms with Crippen LogP contribution < -0.4 is 10.5 Å². The van der Waals surface area contributed by atoms with Gasteiger partial charge in [-0.1, -0.05) is 11.6 Å². The van der Waals surface area contributed by atoms with E-state index in [4.69, 9.17) is 22.1 Å². The zero-order valence-corrected chi connectivity index (χ0v) is 16.2. The Morgan fingerprint density at radius 1 is 1.30 bits per heavy atom. The summed E-state index contributed by atoms with van der Waals surface area (Å²) in [6, 6.07) is 4.01. The topological polar surface area (TPSA) is 75.8 Å². The predicted octanol–water partition coefficient (Wildman–Crippen LogP) is 2.97. The summed E-state index contributed by atoms with van der Waals surface area (Å²) >= 11 is 6.00. The number of halogens is 2. The molecule has 1 saturated carbocycles. The minimum Gasteiger partial charge on any atom is -0.486 e. The van der Waals surface area contributed by atoms with Gasteiger partial charge in [-0.2, -0.15) is 0 Å². The fraction of sp³-hybridized carbons (Fsp3) is 0.650. The van der Waals surface area contributed by atoms with E-state index in [0.29, 0.717) is 24.6 Å². The van der Waals surface area contributed by atoms with Crippen LogP contribution in [0.2, 0.25) is 5.02 Å². The Morgan fingerprint density at radius 2 is 2.04 bits per heavy atom. The van der Waals surface area contributed by atoms with Crippen LogP contribution in [0.1, 0.15) is 38.5 Å². The van der Waals surface area contributed by atoms with Crippen LogP contribution in [0.25, 0.3) is 0 Å². The molecule has 3 rings (SSSR count). The van der Waals surface area contributed by atoms with Gasteiger partial charge in [-0.25, -0.2) is 4.39 Å². The molecule has 150 valence electrons. The molecule has 0 radical (unpaired) electrons. The highest BCUT2D eigenvalue weighted by Gasteiger charge is 2.31. The Kier molecular flexibility index (Phi) is 6.95. The van der Waals surface area contributed by atoms with Crippen molar-refractivity contribution in [3.8, 4) is 5.75 Å². The van der Waals surface area contributed by atoms with E-state index in [1.807, 2.05) is 0 Å². The van der Waals surface area contributed by atoms with Gasteiger partial charge in [0, 0.05) is 19.0 Å². The molecular weight excluding hydrogens is 371 g/mol. The van der Waals surface area contributed by atoms with Crippen LogP contribution in [0.15, 0.2) is 18.2 Å². The van der Waals surface area contributed by atoms with Gasteiger partial charge in [-0.15, -0.1) is 0 Å². The number of hydrogen-bond acceptors (Lipinski definition) is 4. The number of piperidine rings is 1. The Bertz CT molecular complexity index is 652. The number of nitrogens with zero attached hydrogens (tertiary/aromatic N) is 1. The molecule has 2 atom stereocenters. The number of rotatable bonds is 6. The third kappa shape index (κ3) is 5.56. The maximum Gasteiger partial charge on any atom is 0.220 e. The van der Waals surface area contributed by atoms with Crippen LogP contribution in [-0.2, 0) is 4.79 Å². The van der Waals surface area contributed by atoms with Gasteiger partial charge >= 0.3 is 0 Å². The van der Waals surface area contributed by atoms with Gasteiger partial charge in [-0.05, 0) is 69.2 Å². The van der Waals surface area contributed by atoms with Gasteiger partial charge in [0.2, 0.25) is 5.91 Å². The van der Waals surface area contributed by atoms with Crippen LogP contribution in [0.4, 0.5) is 4.39 Å². The van der Waals surface area contributed by atoms with E-state index in [-0.39, 0.29) is 23.0 Å². The predicted molar refractivity (Wildman–Crippen MR) is 102 cm³/mol. The molecular formula is C20H28ClFN2O3. The minimum absolute atomic E-state index is 0.0502. The molecule has 27 heavy (non-hydrogen) atoms. The van der Waals surface area contributed by atoms with Gasteiger partial charge in [-0.3, -0.25) is 4.79 Å². The van der Waals surface area contributed by atoms with Gasteiger partial charge in [0.15, 0.2) is 0 Å². The van der Waals surface area contributed by atoms with Crippen LogP contribution in [0.3, 0.4) is 0 Å². The van der Waals surface area contributed by atoms with Gasteiger partial charge in [0.05, 0.1) is 5.02 Å². The number of ether oxygens (including phenoxy) is 1. The summed E-state index contributed by atoms with van der Waals surface area (Å²) in [7, 11) is 0. The summed E-state index contributed by atoms with van der Waals surface area (Å²) < 4.78 is 18.9. The van der Waals surface area contributed by atoms with Crippen molar-refractivity contribution in [3.63, 3.8) is 0 Å². The lowest BCUT2D eigenvalue weighted by atomic mass is 9.80. The summed E-state index contributed by atoms with van der Waals surface area (Å²) in [5.41, 5.74) is 5.39. The van der Waals surface area contributed by atoms with E-state index in [2.05, 4.69) is 4.90 Å². The van der Waals surface area contributed by atoms with Crippen molar-refractivity contribution < 1.29 is 19.0 Å². The van der Waals surface area contributed by atoms with Crippen LogP contribution in [0.5, 0.6) is 5.75 Å². The molecule has 1 amide bonds. The summed E-state index contributed by atoms with van der Waals surface area (Å²) in [5.74, 6) is 0.508. The molecule has 1 aromatic carbocycles. The highest BCUT2D eigenvalue weighted by molar-refractivity contribution is 6.32. The fourth-order valence-electron chi connectivity index (χ4n) is 4.15. The number of benzene rings is 1. The van der Waals surface area contributed by atoms with Gasteiger partial charge in [0.1, 0.15) is 23.8 Å². The van der Waals surface area contributed by atoms with Crippen molar-refractivity contribution in [1.82, 2.24) is 4.90 Å². The Morgan fingerprint density at radius 3 is 2.67 bits per heavy atom. The van der Waals surface area contributed by atoms with E-state index in [1.54, 1.807) is 0 Å². The number of amides is 1. The molecule has 1 saturated heterocycles. The first-order valence-corrected chi connectivity index (χ1v) is 10.1. The van der Waals surface area contributed by atoms with E-state index >= 15 is 0 Å². The highest BCUT2D eigenvalue weighted by atomic mass is 35.5. The summed E-state index contributed by atoms with van der Waals surface area (Å²) in [6.45, 7) is 2.34. The molecule has 0 unspecified atom stereocenters. The fourth-order valence-corrected chi connectivity index (χ4v) is 4.36. The lowest BCUT2D eigenvalue weighted by Gasteiger charge is -2.37. The molecule has 1 heterocycles. The molecule has 0 spiro atoms. The molecule has 1 aliphatic carbocycles. The normalized spacial score (nSPS) is 29.4.